The quantitative estimate of drug-likeness (QED) is 0.603. The van der Waals surface area contributed by atoms with E-state index < -0.39 is 11.5 Å². The number of benzene rings is 2. The average Bonchev–Trinajstić information content (AvgIpc) is 2.90. The first kappa shape index (κ1) is 21.7. The maximum atomic E-state index is 13.7. The standard InChI is InChI=1S/C25H29ClN2O3/c1-16-21(26)15-14-20-22(16)27-23(29)25(20,17-8-6-4-5-7-9-17)18-10-12-19(13-11-18)31-24(30)28(2)3/h10-15,17H,4-9H2,1-3H3,(H,27,29). The third kappa shape index (κ3) is 3.69. The van der Waals surface area contributed by atoms with E-state index in [-0.39, 0.29) is 11.8 Å². The Morgan fingerprint density at radius 3 is 2.32 bits per heavy atom. The normalized spacial score (nSPS) is 21.2. The van der Waals surface area contributed by atoms with Crippen molar-refractivity contribution in [1.82, 2.24) is 4.90 Å². The van der Waals surface area contributed by atoms with Gasteiger partial charge in [-0.3, -0.25) is 4.79 Å². The van der Waals surface area contributed by atoms with E-state index in [0.717, 1.165) is 48.1 Å². The van der Waals surface area contributed by atoms with Gasteiger partial charge >= 0.3 is 6.09 Å². The molecule has 0 bridgehead atoms. The number of anilines is 1. The Hall–Kier alpha value is -2.53. The smallest absolute Gasteiger partial charge is 0.410 e. The molecule has 1 N–H and O–H groups in total. The van der Waals surface area contributed by atoms with Crippen LogP contribution in [-0.4, -0.2) is 31.0 Å². The van der Waals surface area contributed by atoms with E-state index in [0.29, 0.717) is 10.8 Å². The molecule has 0 aromatic heterocycles. The summed E-state index contributed by atoms with van der Waals surface area (Å²) < 4.78 is 5.39. The van der Waals surface area contributed by atoms with Gasteiger partial charge in [0.15, 0.2) is 0 Å². The van der Waals surface area contributed by atoms with Crippen molar-refractivity contribution in [2.75, 3.05) is 19.4 Å². The van der Waals surface area contributed by atoms with E-state index in [9.17, 15) is 9.59 Å². The summed E-state index contributed by atoms with van der Waals surface area (Å²) in [6.07, 6.45) is 6.25. The van der Waals surface area contributed by atoms with Crippen LogP contribution in [0.5, 0.6) is 5.75 Å². The minimum Gasteiger partial charge on any atom is -0.410 e. The highest BCUT2D eigenvalue weighted by Crippen LogP contribution is 2.53. The maximum absolute atomic E-state index is 13.7. The van der Waals surface area contributed by atoms with Crippen LogP contribution in [0.2, 0.25) is 5.02 Å². The first-order valence-electron chi connectivity index (χ1n) is 11.0. The number of hydrogen-bond donors (Lipinski definition) is 1. The molecule has 31 heavy (non-hydrogen) atoms. The lowest BCUT2D eigenvalue weighted by Gasteiger charge is -2.36. The zero-order valence-electron chi connectivity index (χ0n) is 18.3. The third-order valence-corrected chi connectivity index (χ3v) is 7.18. The Bertz CT molecular complexity index is 995. The van der Waals surface area contributed by atoms with Crippen LogP contribution in [0, 0.1) is 12.8 Å². The number of nitrogens with one attached hydrogen (secondary N) is 1. The zero-order chi connectivity index (χ0) is 22.2. The molecule has 0 radical (unpaired) electrons. The SMILES string of the molecule is Cc1c(Cl)ccc2c1NC(=O)C2(c1ccc(OC(=O)N(C)C)cc1)C1CCCCCC1. The van der Waals surface area contributed by atoms with E-state index in [1.807, 2.05) is 31.2 Å². The fraction of sp³-hybridized carbons (Fsp3) is 0.440. The lowest BCUT2D eigenvalue weighted by Crippen LogP contribution is -2.43. The molecule has 4 rings (SSSR count). The van der Waals surface area contributed by atoms with Gasteiger partial charge in [0.05, 0.1) is 0 Å². The number of nitrogens with zero attached hydrogens (tertiary/aromatic N) is 1. The van der Waals surface area contributed by atoms with Crippen LogP contribution >= 0.6 is 11.6 Å². The fourth-order valence-electron chi connectivity index (χ4n) is 5.13. The third-order valence-electron chi connectivity index (χ3n) is 6.77. The van der Waals surface area contributed by atoms with Crippen molar-refractivity contribution in [3.63, 3.8) is 0 Å². The number of carbonyl (C=O) groups excluding carboxylic acids is 2. The van der Waals surface area contributed by atoms with E-state index in [4.69, 9.17) is 16.3 Å². The van der Waals surface area contributed by atoms with Crippen LogP contribution in [0.4, 0.5) is 10.5 Å². The van der Waals surface area contributed by atoms with Gasteiger partial charge in [0.25, 0.3) is 0 Å². The average molecular weight is 441 g/mol. The highest BCUT2D eigenvalue weighted by atomic mass is 35.5. The second-order valence-electron chi connectivity index (χ2n) is 8.83. The fourth-order valence-corrected chi connectivity index (χ4v) is 5.29. The van der Waals surface area contributed by atoms with E-state index in [1.54, 1.807) is 26.2 Å². The summed E-state index contributed by atoms with van der Waals surface area (Å²) in [6, 6.07) is 11.3. The lowest BCUT2D eigenvalue weighted by atomic mass is 9.64. The molecule has 1 saturated carbocycles. The van der Waals surface area contributed by atoms with Gasteiger partial charge in [0, 0.05) is 24.8 Å². The monoisotopic (exact) mass is 440 g/mol. The van der Waals surface area contributed by atoms with Crippen molar-refractivity contribution in [2.45, 2.75) is 50.9 Å². The summed E-state index contributed by atoms with van der Waals surface area (Å²) in [5.74, 6) is 0.675. The van der Waals surface area contributed by atoms with Crippen LogP contribution in [0.15, 0.2) is 36.4 Å². The summed E-state index contributed by atoms with van der Waals surface area (Å²) in [6.45, 7) is 1.95. The molecule has 2 aliphatic rings. The molecule has 6 heteroatoms. The first-order valence-corrected chi connectivity index (χ1v) is 11.3. The number of carbonyl (C=O) groups is 2. The number of halogens is 1. The van der Waals surface area contributed by atoms with Gasteiger partial charge in [-0.15, -0.1) is 0 Å². The van der Waals surface area contributed by atoms with Gasteiger partial charge < -0.3 is 15.0 Å². The van der Waals surface area contributed by atoms with Crippen molar-refractivity contribution in [1.29, 1.82) is 0 Å². The predicted octanol–water partition coefficient (Wildman–Crippen LogP) is 5.92. The van der Waals surface area contributed by atoms with Gasteiger partial charge in [-0.2, -0.15) is 0 Å². The van der Waals surface area contributed by atoms with Crippen LogP contribution in [0.3, 0.4) is 0 Å². The van der Waals surface area contributed by atoms with Gasteiger partial charge in [0.2, 0.25) is 5.91 Å². The molecule has 1 aliphatic carbocycles. The van der Waals surface area contributed by atoms with Crippen molar-refractivity contribution >= 4 is 29.3 Å². The largest absolute Gasteiger partial charge is 0.414 e. The molecule has 2 amide bonds. The molecule has 164 valence electrons. The lowest BCUT2D eigenvalue weighted by molar-refractivity contribution is -0.121. The first-order chi connectivity index (χ1) is 14.9. The van der Waals surface area contributed by atoms with Gasteiger partial charge in [-0.1, -0.05) is 55.5 Å². The number of amides is 2. The van der Waals surface area contributed by atoms with Crippen LogP contribution in [0.25, 0.3) is 0 Å². The van der Waals surface area contributed by atoms with Gasteiger partial charge in [-0.25, -0.2) is 4.79 Å². The molecule has 1 fully saturated rings. The van der Waals surface area contributed by atoms with E-state index >= 15 is 0 Å². The molecule has 0 spiro atoms. The predicted molar refractivity (Wildman–Crippen MR) is 123 cm³/mol. The summed E-state index contributed by atoms with van der Waals surface area (Å²) in [4.78, 5) is 27.0. The highest BCUT2D eigenvalue weighted by molar-refractivity contribution is 6.32. The molecule has 2 aromatic rings. The summed E-state index contributed by atoms with van der Waals surface area (Å²) in [7, 11) is 3.29. The molecule has 0 saturated heterocycles. The summed E-state index contributed by atoms with van der Waals surface area (Å²) in [5, 5.41) is 3.81. The Morgan fingerprint density at radius 2 is 1.71 bits per heavy atom. The van der Waals surface area contributed by atoms with Crippen LogP contribution < -0.4 is 10.1 Å². The molecule has 5 nitrogen and oxygen atoms in total. The molecule has 1 unspecified atom stereocenters. The van der Waals surface area contributed by atoms with E-state index in [1.165, 1.54) is 17.7 Å². The van der Waals surface area contributed by atoms with Crippen LogP contribution in [-0.2, 0) is 10.2 Å². The Labute approximate surface area is 188 Å². The second kappa shape index (κ2) is 8.54. The number of hydrogen-bond acceptors (Lipinski definition) is 3. The van der Waals surface area contributed by atoms with Crippen LogP contribution in [0.1, 0.15) is 55.2 Å². The Kier molecular flexibility index (Phi) is 5.98. The second-order valence-corrected chi connectivity index (χ2v) is 9.24. The van der Waals surface area contributed by atoms with E-state index in [2.05, 4.69) is 5.32 Å². The number of rotatable bonds is 3. The number of fused-ring (bicyclic) bond motifs is 1. The maximum Gasteiger partial charge on any atom is 0.414 e. The van der Waals surface area contributed by atoms with Crippen molar-refractivity contribution in [3.05, 3.63) is 58.1 Å². The molecule has 1 aliphatic heterocycles. The van der Waals surface area contributed by atoms with Gasteiger partial charge in [0.1, 0.15) is 11.2 Å². The molecule has 2 aromatic carbocycles. The van der Waals surface area contributed by atoms with Crippen molar-refractivity contribution in [2.24, 2.45) is 5.92 Å². The Morgan fingerprint density at radius 1 is 1.06 bits per heavy atom. The number of ether oxygens (including phenoxy) is 1. The van der Waals surface area contributed by atoms with Crippen molar-refractivity contribution < 1.29 is 14.3 Å². The molecular formula is C25H29ClN2O3. The molecule has 1 atom stereocenters. The summed E-state index contributed by atoms with van der Waals surface area (Å²) in [5.41, 5.74) is 2.91. The minimum atomic E-state index is -0.765. The topological polar surface area (TPSA) is 58.6 Å². The molecule has 1 heterocycles. The summed E-state index contributed by atoms with van der Waals surface area (Å²) >= 11 is 6.38. The van der Waals surface area contributed by atoms with Gasteiger partial charge in [-0.05, 0) is 60.6 Å². The zero-order valence-corrected chi connectivity index (χ0v) is 19.1. The Balaban J connectivity index is 1.83. The van der Waals surface area contributed by atoms with Crippen molar-refractivity contribution in [3.8, 4) is 5.75 Å². The highest BCUT2D eigenvalue weighted by Gasteiger charge is 2.53. The molecular weight excluding hydrogens is 412 g/mol. The minimum absolute atomic E-state index is 0.0119.